The van der Waals surface area contributed by atoms with Crippen LogP contribution in [0.4, 0.5) is 5.82 Å². The molecule has 1 aromatic heterocycles. The van der Waals surface area contributed by atoms with Crippen molar-refractivity contribution in [3.05, 3.63) is 47.1 Å². The average Bonchev–Trinajstić information content (AvgIpc) is 3.31. The van der Waals surface area contributed by atoms with Gasteiger partial charge in [-0.3, -0.25) is 4.79 Å². The van der Waals surface area contributed by atoms with Crippen LogP contribution in [-0.2, 0) is 0 Å². The van der Waals surface area contributed by atoms with E-state index in [1.807, 2.05) is 0 Å². The first-order valence-corrected chi connectivity index (χ1v) is 7.39. The number of benzene rings is 1. The third kappa shape index (κ3) is 3.31. The summed E-state index contributed by atoms with van der Waals surface area (Å²) in [5.41, 5.74) is 0.245. The number of carbonyl (C=O) groups is 1. The number of anilines is 1. The lowest BCUT2D eigenvalue weighted by Gasteiger charge is -2.13. The molecule has 22 heavy (non-hydrogen) atoms. The minimum atomic E-state index is -0.467. The summed E-state index contributed by atoms with van der Waals surface area (Å²) >= 11 is 6.14. The summed E-state index contributed by atoms with van der Waals surface area (Å²) in [6, 6.07) is 8.09. The van der Waals surface area contributed by atoms with E-state index in [0.29, 0.717) is 23.3 Å². The molecule has 1 fully saturated rings. The molecule has 0 aliphatic heterocycles. The van der Waals surface area contributed by atoms with Crippen molar-refractivity contribution in [1.29, 1.82) is 0 Å². The molecule has 1 heterocycles. The lowest BCUT2D eigenvalue weighted by atomic mass is 10.2. The third-order valence-corrected chi connectivity index (χ3v) is 3.71. The van der Waals surface area contributed by atoms with E-state index in [2.05, 4.69) is 10.3 Å². The Hall–Kier alpha value is -2.27. The predicted molar refractivity (Wildman–Crippen MR) is 83.5 cm³/mol. The van der Waals surface area contributed by atoms with Crippen molar-refractivity contribution in [2.24, 2.45) is 5.92 Å². The maximum atomic E-state index is 12.4. The topological polar surface area (TPSA) is 71.5 Å². The number of hydrogen-bond acceptors (Lipinski definition) is 4. The van der Waals surface area contributed by atoms with Crippen molar-refractivity contribution >= 4 is 23.3 Å². The van der Waals surface area contributed by atoms with Gasteiger partial charge in [0.2, 0.25) is 0 Å². The second kappa shape index (κ2) is 6.23. The lowest BCUT2D eigenvalue weighted by molar-refractivity contribution is 0.102. The molecular weight excluding hydrogens is 304 g/mol. The van der Waals surface area contributed by atoms with Crippen LogP contribution in [0, 0.1) is 5.92 Å². The van der Waals surface area contributed by atoms with E-state index < -0.39 is 5.91 Å². The highest BCUT2D eigenvalue weighted by Crippen LogP contribution is 2.32. The largest absolute Gasteiger partial charge is 0.504 e. The molecule has 0 unspecified atom stereocenters. The second-order valence-corrected chi connectivity index (χ2v) is 5.60. The van der Waals surface area contributed by atoms with E-state index in [4.69, 9.17) is 16.3 Å². The van der Waals surface area contributed by atoms with Gasteiger partial charge in [0, 0.05) is 6.20 Å². The summed E-state index contributed by atoms with van der Waals surface area (Å²) in [6.45, 7) is 0.579. The number of aromatic nitrogens is 1. The van der Waals surface area contributed by atoms with Crippen LogP contribution in [-0.4, -0.2) is 22.6 Å². The van der Waals surface area contributed by atoms with Crippen molar-refractivity contribution in [2.75, 3.05) is 11.9 Å². The summed E-state index contributed by atoms with van der Waals surface area (Å²) < 4.78 is 5.70. The fourth-order valence-electron chi connectivity index (χ4n) is 2.00. The Morgan fingerprint density at radius 3 is 2.91 bits per heavy atom. The number of aromatic hydroxyl groups is 1. The molecule has 2 N–H and O–H groups in total. The third-order valence-electron chi connectivity index (χ3n) is 3.39. The standard InChI is InChI=1S/C16H15ClN2O3/c17-11-3-1-5-13(22-9-10-6-7-10)14(11)16(21)19-15-12(20)4-2-8-18-15/h1-5,8,10,20H,6-7,9H2,(H,18,19,21). The van der Waals surface area contributed by atoms with Crippen molar-refractivity contribution < 1.29 is 14.6 Å². The van der Waals surface area contributed by atoms with Crippen LogP contribution in [0.2, 0.25) is 5.02 Å². The second-order valence-electron chi connectivity index (χ2n) is 5.19. The molecule has 1 aliphatic rings. The van der Waals surface area contributed by atoms with Gasteiger partial charge >= 0.3 is 0 Å². The molecule has 0 atom stereocenters. The van der Waals surface area contributed by atoms with Gasteiger partial charge in [-0.25, -0.2) is 4.98 Å². The molecule has 0 bridgehead atoms. The Labute approximate surface area is 132 Å². The van der Waals surface area contributed by atoms with Gasteiger partial charge in [-0.1, -0.05) is 17.7 Å². The fraction of sp³-hybridized carbons (Fsp3) is 0.250. The fourth-order valence-corrected chi connectivity index (χ4v) is 2.25. The Morgan fingerprint density at radius 2 is 2.18 bits per heavy atom. The van der Waals surface area contributed by atoms with Crippen molar-refractivity contribution in [3.63, 3.8) is 0 Å². The van der Waals surface area contributed by atoms with E-state index >= 15 is 0 Å². The number of ether oxygens (including phenoxy) is 1. The first-order chi connectivity index (χ1) is 10.6. The number of nitrogens with one attached hydrogen (secondary N) is 1. The van der Waals surface area contributed by atoms with Gasteiger partial charge in [0.15, 0.2) is 11.6 Å². The van der Waals surface area contributed by atoms with E-state index in [0.717, 1.165) is 12.8 Å². The van der Waals surface area contributed by atoms with Crippen LogP contribution < -0.4 is 10.1 Å². The van der Waals surface area contributed by atoms with Crippen molar-refractivity contribution in [3.8, 4) is 11.5 Å². The van der Waals surface area contributed by atoms with Crippen LogP contribution in [0.5, 0.6) is 11.5 Å². The molecule has 0 spiro atoms. The van der Waals surface area contributed by atoms with Gasteiger partial charge in [0.1, 0.15) is 11.3 Å². The van der Waals surface area contributed by atoms with E-state index in [1.165, 1.54) is 12.3 Å². The summed E-state index contributed by atoms with van der Waals surface area (Å²) in [6.07, 6.45) is 3.79. The van der Waals surface area contributed by atoms with Crippen LogP contribution in [0.3, 0.4) is 0 Å². The molecule has 5 nitrogen and oxygen atoms in total. The normalized spacial score (nSPS) is 13.7. The molecule has 2 aromatic rings. The van der Waals surface area contributed by atoms with Crippen LogP contribution in [0.1, 0.15) is 23.2 Å². The summed E-state index contributed by atoms with van der Waals surface area (Å²) in [7, 11) is 0. The monoisotopic (exact) mass is 318 g/mol. The zero-order valence-electron chi connectivity index (χ0n) is 11.8. The van der Waals surface area contributed by atoms with E-state index in [-0.39, 0.29) is 17.1 Å². The van der Waals surface area contributed by atoms with E-state index in [9.17, 15) is 9.90 Å². The number of hydrogen-bond donors (Lipinski definition) is 2. The Morgan fingerprint density at radius 1 is 1.36 bits per heavy atom. The Bertz CT molecular complexity index is 702. The summed E-state index contributed by atoms with van der Waals surface area (Å²) in [4.78, 5) is 16.4. The van der Waals surface area contributed by atoms with Crippen molar-refractivity contribution in [1.82, 2.24) is 4.98 Å². The highest BCUT2D eigenvalue weighted by molar-refractivity contribution is 6.34. The molecule has 3 rings (SSSR count). The Balaban J connectivity index is 1.82. The highest BCUT2D eigenvalue weighted by atomic mass is 35.5. The molecule has 1 aromatic carbocycles. The van der Waals surface area contributed by atoms with Gasteiger partial charge < -0.3 is 15.2 Å². The van der Waals surface area contributed by atoms with Gasteiger partial charge in [-0.2, -0.15) is 0 Å². The maximum absolute atomic E-state index is 12.4. The molecule has 1 aliphatic carbocycles. The van der Waals surface area contributed by atoms with Crippen LogP contribution >= 0.6 is 11.6 Å². The smallest absolute Gasteiger partial charge is 0.262 e. The zero-order chi connectivity index (χ0) is 15.5. The average molecular weight is 319 g/mol. The van der Waals surface area contributed by atoms with Gasteiger partial charge in [0.05, 0.1) is 11.6 Å². The zero-order valence-corrected chi connectivity index (χ0v) is 12.5. The summed E-state index contributed by atoms with van der Waals surface area (Å²) in [5.74, 6) is 0.511. The number of pyridine rings is 1. The number of rotatable bonds is 5. The van der Waals surface area contributed by atoms with Gasteiger partial charge in [-0.15, -0.1) is 0 Å². The molecule has 1 amide bonds. The first kappa shape index (κ1) is 14.7. The number of amides is 1. The molecule has 1 saturated carbocycles. The number of halogens is 1. The van der Waals surface area contributed by atoms with Gasteiger partial charge in [-0.05, 0) is 43.0 Å². The number of carbonyl (C=O) groups excluding carboxylic acids is 1. The molecule has 6 heteroatoms. The predicted octanol–water partition coefficient (Wildman–Crippen LogP) is 3.48. The van der Waals surface area contributed by atoms with Crippen LogP contribution in [0.25, 0.3) is 0 Å². The SMILES string of the molecule is O=C(Nc1ncccc1O)c1c(Cl)cccc1OCC1CC1. The molecule has 0 radical (unpaired) electrons. The molecule has 0 saturated heterocycles. The first-order valence-electron chi connectivity index (χ1n) is 7.02. The molecular formula is C16H15ClN2O3. The molecule has 114 valence electrons. The number of nitrogens with zero attached hydrogens (tertiary/aromatic N) is 1. The Kier molecular flexibility index (Phi) is 4.15. The minimum absolute atomic E-state index is 0.0839. The van der Waals surface area contributed by atoms with E-state index in [1.54, 1.807) is 24.3 Å². The minimum Gasteiger partial charge on any atom is -0.504 e. The maximum Gasteiger partial charge on any atom is 0.262 e. The highest BCUT2D eigenvalue weighted by Gasteiger charge is 2.24. The quantitative estimate of drug-likeness (QED) is 0.885. The van der Waals surface area contributed by atoms with Gasteiger partial charge in [0.25, 0.3) is 5.91 Å². The van der Waals surface area contributed by atoms with Crippen LogP contribution in [0.15, 0.2) is 36.5 Å². The summed E-state index contributed by atoms with van der Waals surface area (Å²) in [5, 5.41) is 12.5. The van der Waals surface area contributed by atoms with Crippen molar-refractivity contribution in [2.45, 2.75) is 12.8 Å². The lowest BCUT2D eigenvalue weighted by Crippen LogP contribution is -2.15.